The predicted molar refractivity (Wildman–Crippen MR) is 71.8 cm³/mol. The molecule has 1 saturated heterocycles. The van der Waals surface area contributed by atoms with Gasteiger partial charge in [0, 0.05) is 19.0 Å². The summed E-state index contributed by atoms with van der Waals surface area (Å²) in [5.41, 5.74) is 0. The van der Waals surface area contributed by atoms with E-state index < -0.39 is 0 Å². The summed E-state index contributed by atoms with van der Waals surface area (Å²) >= 11 is 0. The zero-order chi connectivity index (χ0) is 13.1. The van der Waals surface area contributed by atoms with E-state index in [0.29, 0.717) is 6.04 Å². The molecule has 0 N–H and O–H groups in total. The molecule has 1 aromatic carbocycles. The third-order valence-corrected chi connectivity index (χ3v) is 3.48. The van der Waals surface area contributed by atoms with Crippen molar-refractivity contribution in [3.8, 4) is 5.75 Å². The Morgan fingerprint density at radius 2 is 2.00 bits per heavy atom. The quantitative estimate of drug-likeness (QED) is 0.818. The highest BCUT2D eigenvalue weighted by Crippen LogP contribution is 2.25. The monoisotopic (exact) mass is 247 g/mol. The van der Waals surface area contributed by atoms with Crippen LogP contribution in [0.2, 0.25) is 0 Å². The normalized spacial score (nSPS) is 24.4. The van der Waals surface area contributed by atoms with Gasteiger partial charge in [0.05, 0.1) is 6.04 Å². The molecule has 0 aliphatic carbocycles. The van der Waals surface area contributed by atoms with E-state index in [0.717, 1.165) is 18.7 Å². The molecule has 3 heteroatoms. The lowest BCUT2D eigenvalue weighted by Crippen LogP contribution is -2.39. The maximum Gasteiger partial charge on any atom is 0.147 e. The fourth-order valence-electron chi connectivity index (χ4n) is 2.57. The highest BCUT2D eigenvalue weighted by atomic mass is 16.5. The lowest BCUT2D eigenvalue weighted by Gasteiger charge is -2.25. The van der Waals surface area contributed by atoms with Gasteiger partial charge in [0.25, 0.3) is 0 Å². The highest BCUT2D eigenvalue weighted by Gasteiger charge is 2.37. The fourth-order valence-corrected chi connectivity index (χ4v) is 2.57. The van der Waals surface area contributed by atoms with Crippen molar-refractivity contribution in [3.63, 3.8) is 0 Å². The predicted octanol–water partition coefficient (Wildman–Crippen LogP) is 2.51. The molecule has 3 nitrogen and oxygen atoms in total. The average molecular weight is 247 g/mol. The van der Waals surface area contributed by atoms with E-state index in [1.165, 1.54) is 0 Å². The summed E-state index contributed by atoms with van der Waals surface area (Å²) in [6.45, 7) is 6.75. The number of Topliss-reactive ketones (excluding diaryl/α,β-unsaturated/α-hetero) is 1. The molecule has 0 bridgehead atoms. The second kappa shape index (κ2) is 5.53. The summed E-state index contributed by atoms with van der Waals surface area (Å²) in [4.78, 5) is 13.9. The van der Waals surface area contributed by atoms with Crippen LogP contribution in [0.1, 0.15) is 27.2 Å². The second-order valence-corrected chi connectivity index (χ2v) is 5.21. The maximum atomic E-state index is 11.7. The van der Waals surface area contributed by atoms with Crippen LogP contribution in [0.3, 0.4) is 0 Å². The van der Waals surface area contributed by atoms with Gasteiger partial charge >= 0.3 is 0 Å². The number of hydrogen-bond acceptors (Lipinski definition) is 3. The van der Waals surface area contributed by atoms with Gasteiger partial charge in [0.15, 0.2) is 0 Å². The minimum atomic E-state index is 0.0127. The van der Waals surface area contributed by atoms with Crippen LogP contribution in [-0.4, -0.2) is 35.4 Å². The van der Waals surface area contributed by atoms with Crippen molar-refractivity contribution in [2.75, 3.05) is 6.54 Å². The number of nitrogens with zero attached hydrogens (tertiary/aromatic N) is 1. The SMILES string of the molecule is CC(=O)[C@@H]1C[C@H](Oc2ccccc2)CN1C(C)C. The number of benzene rings is 1. The third-order valence-electron chi connectivity index (χ3n) is 3.48. The molecule has 0 aromatic heterocycles. The summed E-state index contributed by atoms with van der Waals surface area (Å²) in [5, 5.41) is 0. The number of carbonyl (C=O) groups is 1. The Morgan fingerprint density at radius 3 is 2.50 bits per heavy atom. The van der Waals surface area contributed by atoms with Gasteiger partial charge in [-0.05, 0) is 32.9 Å². The van der Waals surface area contributed by atoms with E-state index >= 15 is 0 Å². The van der Waals surface area contributed by atoms with Crippen LogP contribution in [0.25, 0.3) is 0 Å². The Morgan fingerprint density at radius 1 is 1.33 bits per heavy atom. The maximum absolute atomic E-state index is 11.7. The molecule has 98 valence electrons. The fraction of sp³-hybridized carbons (Fsp3) is 0.533. The van der Waals surface area contributed by atoms with Crippen LogP contribution in [0.5, 0.6) is 5.75 Å². The molecular weight excluding hydrogens is 226 g/mol. The van der Waals surface area contributed by atoms with Gasteiger partial charge in [0.2, 0.25) is 0 Å². The van der Waals surface area contributed by atoms with Gasteiger partial charge in [-0.3, -0.25) is 9.69 Å². The largest absolute Gasteiger partial charge is 0.489 e. The summed E-state index contributed by atoms with van der Waals surface area (Å²) in [7, 11) is 0. The second-order valence-electron chi connectivity index (χ2n) is 5.21. The van der Waals surface area contributed by atoms with E-state index in [1.807, 2.05) is 30.3 Å². The molecule has 1 aliphatic heterocycles. The van der Waals surface area contributed by atoms with Crippen molar-refractivity contribution in [1.29, 1.82) is 0 Å². The van der Waals surface area contributed by atoms with Crippen LogP contribution >= 0.6 is 0 Å². The van der Waals surface area contributed by atoms with Crippen LogP contribution in [0.15, 0.2) is 30.3 Å². The molecule has 2 atom stereocenters. The first kappa shape index (κ1) is 13.1. The average Bonchev–Trinajstić information content (AvgIpc) is 2.74. The van der Waals surface area contributed by atoms with Crippen LogP contribution in [-0.2, 0) is 4.79 Å². The molecule has 0 saturated carbocycles. The first-order valence-electron chi connectivity index (χ1n) is 6.56. The molecule has 1 fully saturated rings. The number of hydrogen-bond donors (Lipinski definition) is 0. The number of likely N-dealkylation sites (tertiary alicyclic amines) is 1. The topological polar surface area (TPSA) is 29.5 Å². The molecule has 2 rings (SSSR count). The van der Waals surface area contributed by atoms with E-state index in [4.69, 9.17) is 4.74 Å². The van der Waals surface area contributed by atoms with Crippen LogP contribution < -0.4 is 4.74 Å². The van der Waals surface area contributed by atoms with Gasteiger partial charge in [-0.2, -0.15) is 0 Å². The summed E-state index contributed by atoms with van der Waals surface area (Å²) in [6.07, 6.45) is 0.909. The van der Waals surface area contributed by atoms with E-state index in [2.05, 4.69) is 18.7 Å². The van der Waals surface area contributed by atoms with Crippen LogP contribution in [0.4, 0.5) is 0 Å². The Bertz CT molecular complexity index is 402. The smallest absolute Gasteiger partial charge is 0.147 e. The van der Waals surface area contributed by atoms with E-state index in [1.54, 1.807) is 6.92 Å². The first-order chi connectivity index (χ1) is 8.58. The zero-order valence-electron chi connectivity index (χ0n) is 11.3. The Hall–Kier alpha value is -1.35. The Balaban J connectivity index is 2.03. The molecule has 0 spiro atoms. The Kier molecular flexibility index (Phi) is 4.02. The summed E-state index contributed by atoms with van der Waals surface area (Å²) < 4.78 is 5.94. The van der Waals surface area contributed by atoms with Crippen LogP contribution in [0, 0.1) is 0 Å². The lowest BCUT2D eigenvalue weighted by molar-refractivity contribution is -0.121. The third kappa shape index (κ3) is 2.91. The molecule has 1 aliphatic rings. The van der Waals surface area contributed by atoms with Gasteiger partial charge in [-0.1, -0.05) is 18.2 Å². The van der Waals surface area contributed by atoms with Crippen molar-refractivity contribution < 1.29 is 9.53 Å². The van der Waals surface area contributed by atoms with Crippen molar-refractivity contribution in [1.82, 2.24) is 4.90 Å². The number of para-hydroxylation sites is 1. The highest BCUT2D eigenvalue weighted by molar-refractivity contribution is 5.81. The molecule has 0 unspecified atom stereocenters. The Labute approximate surface area is 109 Å². The number of rotatable bonds is 4. The van der Waals surface area contributed by atoms with Gasteiger partial charge in [-0.15, -0.1) is 0 Å². The summed E-state index contributed by atoms with van der Waals surface area (Å²) in [5.74, 6) is 1.12. The molecule has 18 heavy (non-hydrogen) atoms. The number of carbonyl (C=O) groups excluding carboxylic acids is 1. The summed E-state index contributed by atoms with van der Waals surface area (Å²) in [6, 6.07) is 10.2. The van der Waals surface area contributed by atoms with Crippen molar-refractivity contribution in [2.24, 2.45) is 0 Å². The van der Waals surface area contributed by atoms with Crippen molar-refractivity contribution in [3.05, 3.63) is 30.3 Å². The molecule has 0 radical (unpaired) electrons. The minimum absolute atomic E-state index is 0.0127. The van der Waals surface area contributed by atoms with E-state index in [9.17, 15) is 4.79 Å². The number of ether oxygens (including phenoxy) is 1. The van der Waals surface area contributed by atoms with Crippen molar-refractivity contribution >= 4 is 5.78 Å². The lowest BCUT2D eigenvalue weighted by atomic mass is 10.1. The van der Waals surface area contributed by atoms with Gasteiger partial charge in [-0.25, -0.2) is 0 Å². The molecular formula is C15H21NO2. The zero-order valence-corrected chi connectivity index (χ0v) is 11.3. The molecule has 1 heterocycles. The van der Waals surface area contributed by atoms with Crippen molar-refractivity contribution in [2.45, 2.75) is 45.4 Å². The van der Waals surface area contributed by atoms with Gasteiger partial charge < -0.3 is 4.74 Å². The number of ketones is 1. The molecule has 0 amide bonds. The standard InChI is InChI=1S/C15H21NO2/c1-11(2)16-10-14(9-15(16)12(3)17)18-13-7-5-4-6-8-13/h4-8,11,14-15H,9-10H2,1-3H3/t14-,15-/m0/s1. The van der Waals surface area contributed by atoms with E-state index in [-0.39, 0.29) is 17.9 Å². The first-order valence-corrected chi connectivity index (χ1v) is 6.56. The molecule has 1 aromatic rings. The van der Waals surface area contributed by atoms with Gasteiger partial charge in [0.1, 0.15) is 17.6 Å². The minimum Gasteiger partial charge on any atom is -0.489 e.